The van der Waals surface area contributed by atoms with E-state index >= 15 is 0 Å². The third kappa shape index (κ3) is 27.0. The second kappa shape index (κ2) is 34.2. The first-order valence-electron chi connectivity index (χ1n) is 26.8. The predicted molar refractivity (Wildman–Crippen MR) is 291 cm³/mol. The fourth-order valence-corrected chi connectivity index (χ4v) is 9.70. The molecule has 0 saturated carbocycles. The molecule has 0 saturated heterocycles. The van der Waals surface area contributed by atoms with Crippen LogP contribution in [0.15, 0.2) is 141 Å². The van der Waals surface area contributed by atoms with Crippen LogP contribution >= 0.6 is 34.8 Å². The highest BCUT2D eigenvalue weighted by molar-refractivity contribution is 6.47. The Hall–Kier alpha value is -5.46. The van der Waals surface area contributed by atoms with E-state index in [0.29, 0.717) is 74.5 Å². The highest BCUT2D eigenvalue weighted by Crippen LogP contribution is 2.36. The Morgan fingerprint density at radius 3 is 0.901 bits per heavy atom. The molecular weight excluding hydrogens is 1140 g/mol. The van der Waals surface area contributed by atoms with Gasteiger partial charge >= 0.3 is 36.4 Å². The molecule has 4 rings (SSSR count). The lowest BCUT2D eigenvalue weighted by atomic mass is 9.96. The third-order valence-corrected chi connectivity index (χ3v) is 13.9. The molecule has 0 aromatic heterocycles. The molecule has 0 aromatic rings. The molecule has 0 radical (unpaired) electrons. The summed E-state index contributed by atoms with van der Waals surface area (Å²) >= 11 is 18.8. The summed E-state index contributed by atoms with van der Waals surface area (Å²) in [5.41, 5.74) is 0.895. The summed E-state index contributed by atoms with van der Waals surface area (Å²) in [4.78, 5) is 78.6. The predicted octanol–water partition coefficient (Wildman–Crippen LogP) is 16.7. The van der Waals surface area contributed by atoms with Crippen molar-refractivity contribution in [3.05, 3.63) is 141 Å². The molecule has 6 atom stereocenters. The number of fused-ring (bicyclic) bond motifs is 3. The number of rotatable bonds is 9. The van der Waals surface area contributed by atoms with Crippen LogP contribution in [0.3, 0.4) is 0 Å². The van der Waals surface area contributed by atoms with Crippen LogP contribution in [0.2, 0.25) is 0 Å². The molecule has 9 nitrogen and oxygen atoms in total. The summed E-state index contributed by atoms with van der Waals surface area (Å²) < 4.78 is 133. The molecule has 1 aliphatic heterocycles. The molecule has 0 bridgehead atoms. The number of allylic oxidation sites excluding steroid dienone is 18. The van der Waals surface area contributed by atoms with Gasteiger partial charge in [0, 0.05) is 92.3 Å². The molecule has 1 heterocycles. The molecular formula is C60H66Cl3F9O9. The van der Waals surface area contributed by atoms with Gasteiger partial charge in [0.05, 0.1) is 34.4 Å². The van der Waals surface area contributed by atoms with E-state index in [0.717, 1.165) is 18.2 Å². The summed E-state index contributed by atoms with van der Waals surface area (Å²) in [6.45, 7) is 0. The van der Waals surface area contributed by atoms with Crippen molar-refractivity contribution in [2.24, 2.45) is 17.8 Å². The lowest BCUT2D eigenvalue weighted by Crippen LogP contribution is -2.18. The Morgan fingerprint density at radius 1 is 0.395 bits per heavy atom. The first kappa shape index (κ1) is 68.0. The second-order valence-electron chi connectivity index (χ2n) is 19.7. The maximum atomic E-state index is 13.1. The van der Waals surface area contributed by atoms with Crippen LogP contribution in [0.25, 0.3) is 0 Å². The minimum absolute atomic E-state index is 0.0253. The van der Waals surface area contributed by atoms with Crippen molar-refractivity contribution in [2.45, 2.75) is 172 Å². The van der Waals surface area contributed by atoms with Gasteiger partial charge in [-0.3, -0.25) is 28.8 Å². The molecule has 4 aliphatic rings. The number of ketones is 3. The maximum Gasteiger partial charge on any atom is 0.392 e. The zero-order valence-corrected chi connectivity index (χ0v) is 46.7. The van der Waals surface area contributed by atoms with Gasteiger partial charge in [-0.1, -0.05) is 144 Å². The van der Waals surface area contributed by atoms with Crippen molar-refractivity contribution < 1.29 is 82.5 Å². The first-order valence-corrected chi connectivity index (χ1v) is 28.0. The Morgan fingerprint density at radius 2 is 0.654 bits per heavy atom. The number of Topliss-reactive ketones (excluding diaryl/α,β-unsaturated/α-hetero) is 3. The SMILES string of the molecule is O=C1CCCC=CC[C@H]2C=C(Cl)C(=O)C2=CC[C@H](C/C=C\CC(F)(F)F)OC(=O)CCCC=CC[C@H]2C=C(Cl)C(=O)C2=CC[C@H](C/C=C\CC(F)(F)F)OC(=O)CCCC=CC[C@H]2C=C(Cl)C(=O)C2=CC[C@H](C/C=C\CC(F)(F)F)O1. The summed E-state index contributed by atoms with van der Waals surface area (Å²) in [7, 11) is 0. The molecule has 0 spiro atoms. The van der Waals surface area contributed by atoms with Crippen molar-refractivity contribution in [1.82, 2.24) is 0 Å². The minimum atomic E-state index is -4.46. The molecule has 0 amide bonds. The van der Waals surface area contributed by atoms with E-state index in [-0.39, 0.29) is 72.9 Å². The summed E-state index contributed by atoms with van der Waals surface area (Å²) in [6, 6.07) is 0. The Labute approximate surface area is 481 Å². The van der Waals surface area contributed by atoms with Crippen molar-refractivity contribution in [3.8, 4) is 0 Å². The number of hydrogen-bond donors (Lipinski definition) is 0. The number of esters is 3. The standard InChI is InChI=1S/C60H66Cl3F9O9/c61-49-37-40-19-7-1-4-10-25-52(73)79-43(22-13-16-34-58(64,65)66)29-32-47-41(38-50(62)56(47)77)20-8-3-6-12-27-54(75)81-45(24-15-18-36-60(70,71)72)30-33-48-42(39-51(63)57(48)78)21-9-2-5-11-26-53(74)80-44(28-31-46(40)55(49)76)23-14-17-35-59(67,68)69/h1-3,7-9,13-18,31-33,37-45H,4-6,10-12,19-30,34-36H2/b7-1?,8-3?,9-2?,16-13-,17-14-,18-15-,46-31?,47-32?,48-33?/t40-,41-,42-,43-,44-,45-/m0/s1. The zero-order valence-electron chi connectivity index (χ0n) is 44.4. The van der Waals surface area contributed by atoms with Crippen LogP contribution in [-0.4, -0.2) is 72.1 Å². The monoisotopic (exact) mass is 1210 g/mol. The highest BCUT2D eigenvalue weighted by Gasteiger charge is 2.32. The summed E-state index contributed by atoms with van der Waals surface area (Å²) in [5.74, 6) is -4.76. The number of cyclic esters (lactones) is 3. The Balaban J connectivity index is 1.56. The van der Waals surface area contributed by atoms with E-state index in [1.165, 1.54) is 18.2 Å². The van der Waals surface area contributed by atoms with Gasteiger partial charge in [-0.05, 0) is 57.8 Å². The Kier molecular flexibility index (Phi) is 28.7. The van der Waals surface area contributed by atoms with Gasteiger partial charge in [-0.25, -0.2) is 0 Å². The van der Waals surface area contributed by atoms with Crippen molar-refractivity contribution in [2.75, 3.05) is 0 Å². The molecule has 21 heteroatoms. The van der Waals surface area contributed by atoms with E-state index in [2.05, 4.69) is 0 Å². The molecule has 3 aliphatic carbocycles. The molecule has 0 fully saturated rings. The average Bonchev–Trinajstić information content (AvgIpc) is 3.94. The number of halogens is 12. The van der Waals surface area contributed by atoms with E-state index in [1.54, 1.807) is 72.9 Å². The number of carbonyl (C=O) groups is 6. The number of carbonyl (C=O) groups excluding carboxylic acids is 6. The van der Waals surface area contributed by atoms with Crippen molar-refractivity contribution in [1.29, 1.82) is 0 Å². The molecule has 0 N–H and O–H groups in total. The lowest BCUT2D eigenvalue weighted by molar-refractivity contribution is -0.149. The average molecular weight is 1210 g/mol. The van der Waals surface area contributed by atoms with Gasteiger partial charge in [0.2, 0.25) is 0 Å². The Bertz CT molecular complexity index is 2300. The van der Waals surface area contributed by atoms with Gasteiger partial charge < -0.3 is 14.2 Å². The molecule has 81 heavy (non-hydrogen) atoms. The van der Waals surface area contributed by atoms with Crippen molar-refractivity contribution in [3.63, 3.8) is 0 Å². The van der Waals surface area contributed by atoms with E-state index < -0.39 is 109 Å². The zero-order chi connectivity index (χ0) is 59.6. The number of alkyl halides is 9. The number of hydrogen-bond acceptors (Lipinski definition) is 9. The minimum Gasteiger partial charge on any atom is -0.462 e. The van der Waals surface area contributed by atoms with E-state index in [9.17, 15) is 68.3 Å². The second-order valence-corrected chi connectivity index (χ2v) is 21.0. The maximum absolute atomic E-state index is 13.1. The van der Waals surface area contributed by atoms with Gasteiger partial charge in [0.25, 0.3) is 0 Å². The van der Waals surface area contributed by atoms with Crippen LogP contribution < -0.4 is 0 Å². The van der Waals surface area contributed by atoms with Crippen LogP contribution in [0.1, 0.15) is 135 Å². The third-order valence-electron chi connectivity index (χ3n) is 13.0. The van der Waals surface area contributed by atoms with Crippen LogP contribution in [0, 0.1) is 17.8 Å². The molecule has 444 valence electrons. The van der Waals surface area contributed by atoms with Gasteiger partial charge in [0.15, 0.2) is 17.3 Å². The van der Waals surface area contributed by atoms with Gasteiger partial charge in [-0.2, -0.15) is 39.5 Å². The van der Waals surface area contributed by atoms with Crippen LogP contribution in [0.4, 0.5) is 39.5 Å². The van der Waals surface area contributed by atoms with Gasteiger partial charge in [-0.15, -0.1) is 0 Å². The largest absolute Gasteiger partial charge is 0.462 e. The fraction of sp³-hybridized carbons (Fsp3) is 0.500. The van der Waals surface area contributed by atoms with Crippen LogP contribution in [0.5, 0.6) is 0 Å². The van der Waals surface area contributed by atoms with Crippen LogP contribution in [-0.2, 0) is 43.0 Å². The topological polar surface area (TPSA) is 130 Å². The highest BCUT2D eigenvalue weighted by atomic mass is 35.5. The van der Waals surface area contributed by atoms with Gasteiger partial charge in [0.1, 0.15) is 18.3 Å². The fourth-order valence-electron chi connectivity index (χ4n) is 8.92. The lowest BCUT2D eigenvalue weighted by Gasteiger charge is -2.16. The summed E-state index contributed by atoms with van der Waals surface area (Å²) in [5, 5.41) is -0.116. The molecule has 0 aromatic carbocycles. The quantitative estimate of drug-likeness (QED) is 0.0958. The smallest absolute Gasteiger partial charge is 0.392 e. The summed E-state index contributed by atoms with van der Waals surface area (Å²) in [6.07, 6.45) is 9.25. The van der Waals surface area contributed by atoms with E-state index in [4.69, 9.17) is 49.0 Å². The van der Waals surface area contributed by atoms with E-state index in [1.807, 2.05) is 0 Å². The molecule has 0 unspecified atom stereocenters. The number of ether oxygens (including phenoxy) is 3. The van der Waals surface area contributed by atoms with Crippen molar-refractivity contribution >= 4 is 70.1 Å². The first-order chi connectivity index (χ1) is 38.3. The normalized spacial score (nSPS) is 25.2.